The number of rotatable bonds is 4. The van der Waals surface area contributed by atoms with Crippen LogP contribution < -0.4 is 0 Å². The normalized spacial score (nSPS) is 18.3. The van der Waals surface area contributed by atoms with Gasteiger partial charge in [0.25, 0.3) is 0 Å². The van der Waals surface area contributed by atoms with Crippen molar-refractivity contribution in [1.29, 1.82) is 0 Å². The summed E-state index contributed by atoms with van der Waals surface area (Å²) in [5.41, 5.74) is 0.792. The standard InChI is InChI=1S/C19H17Cl2N3O3S/c20-15-5-3-13(4-6-15)18-22-19(27-23-18)14-2-1-11-24(12-14)28(25,26)17-9-7-16(21)8-10-17/h3-10,14H,1-2,11-12H2. The average molecular weight is 438 g/mol. The van der Waals surface area contributed by atoms with E-state index < -0.39 is 10.0 Å². The van der Waals surface area contributed by atoms with Crippen LogP contribution in [0.1, 0.15) is 24.7 Å². The molecular weight excluding hydrogens is 421 g/mol. The summed E-state index contributed by atoms with van der Waals surface area (Å²) in [5, 5.41) is 5.16. The summed E-state index contributed by atoms with van der Waals surface area (Å²) in [4.78, 5) is 4.70. The smallest absolute Gasteiger partial charge is 0.243 e. The van der Waals surface area contributed by atoms with E-state index in [1.807, 2.05) is 12.1 Å². The first-order chi connectivity index (χ1) is 13.4. The molecule has 0 bridgehead atoms. The molecular formula is C19H17Cl2N3O3S. The van der Waals surface area contributed by atoms with E-state index in [9.17, 15) is 8.42 Å². The first kappa shape index (κ1) is 19.4. The van der Waals surface area contributed by atoms with Crippen molar-refractivity contribution in [3.8, 4) is 11.4 Å². The molecule has 4 rings (SSSR count). The second kappa shape index (κ2) is 7.83. The Kier molecular flexibility index (Phi) is 5.42. The zero-order valence-electron chi connectivity index (χ0n) is 14.8. The summed E-state index contributed by atoms with van der Waals surface area (Å²) >= 11 is 11.8. The molecule has 0 radical (unpaired) electrons. The van der Waals surface area contributed by atoms with Gasteiger partial charge in [-0.15, -0.1) is 0 Å². The van der Waals surface area contributed by atoms with Gasteiger partial charge in [0.15, 0.2) is 0 Å². The summed E-state index contributed by atoms with van der Waals surface area (Å²) in [7, 11) is -3.60. The molecule has 1 unspecified atom stereocenters. The van der Waals surface area contributed by atoms with E-state index in [0.717, 1.165) is 18.4 Å². The van der Waals surface area contributed by atoms with Crippen LogP contribution in [0.3, 0.4) is 0 Å². The summed E-state index contributed by atoms with van der Waals surface area (Å²) < 4.78 is 32.8. The van der Waals surface area contributed by atoms with Gasteiger partial charge in [-0.05, 0) is 61.4 Å². The molecule has 1 aliphatic rings. The van der Waals surface area contributed by atoms with E-state index in [1.54, 1.807) is 24.3 Å². The molecule has 2 aromatic carbocycles. The van der Waals surface area contributed by atoms with Gasteiger partial charge in [-0.25, -0.2) is 8.42 Å². The van der Waals surface area contributed by atoms with Crippen LogP contribution in [0.2, 0.25) is 10.0 Å². The number of halogens is 2. The highest BCUT2D eigenvalue weighted by atomic mass is 35.5. The molecule has 0 saturated carbocycles. The minimum absolute atomic E-state index is 0.149. The Morgan fingerprint density at radius 2 is 1.64 bits per heavy atom. The molecule has 146 valence electrons. The maximum atomic E-state index is 12.9. The van der Waals surface area contributed by atoms with E-state index in [1.165, 1.54) is 16.4 Å². The number of hydrogen-bond donors (Lipinski definition) is 0. The van der Waals surface area contributed by atoms with Crippen LogP contribution in [0.4, 0.5) is 0 Å². The van der Waals surface area contributed by atoms with E-state index in [4.69, 9.17) is 27.7 Å². The fourth-order valence-corrected chi connectivity index (χ4v) is 5.01. The second-order valence-electron chi connectivity index (χ2n) is 6.62. The van der Waals surface area contributed by atoms with Crippen LogP contribution >= 0.6 is 23.2 Å². The molecule has 2 heterocycles. The van der Waals surface area contributed by atoms with Gasteiger partial charge in [0.1, 0.15) is 0 Å². The predicted molar refractivity (Wildman–Crippen MR) is 107 cm³/mol. The lowest BCUT2D eigenvalue weighted by Gasteiger charge is -2.30. The van der Waals surface area contributed by atoms with Gasteiger partial charge in [-0.1, -0.05) is 28.4 Å². The van der Waals surface area contributed by atoms with Crippen LogP contribution in [0.25, 0.3) is 11.4 Å². The highest BCUT2D eigenvalue weighted by molar-refractivity contribution is 7.89. The molecule has 1 saturated heterocycles. The maximum absolute atomic E-state index is 12.9. The zero-order valence-corrected chi connectivity index (χ0v) is 17.1. The van der Waals surface area contributed by atoms with Gasteiger partial charge in [-0.2, -0.15) is 9.29 Å². The van der Waals surface area contributed by atoms with Gasteiger partial charge >= 0.3 is 0 Å². The highest BCUT2D eigenvalue weighted by Crippen LogP contribution is 2.31. The Labute approximate surface area is 173 Å². The Bertz CT molecular complexity index is 1070. The average Bonchev–Trinajstić information content (AvgIpc) is 3.19. The van der Waals surface area contributed by atoms with Crippen molar-refractivity contribution in [2.75, 3.05) is 13.1 Å². The van der Waals surface area contributed by atoms with E-state index in [0.29, 0.717) is 34.8 Å². The Morgan fingerprint density at radius 1 is 1.00 bits per heavy atom. The topological polar surface area (TPSA) is 76.3 Å². The quantitative estimate of drug-likeness (QED) is 0.595. The van der Waals surface area contributed by atoms with Gasteiger partial charge < -0.3 is 4.52 Å². The van der Waals surface area contributed by atoms with Crippen molar-refractivity contribution in [3.63, 3.8) is 0 Å². The molecule has 0 aliphatic carbocycles. The van der Waals surface area contributed by atoms with Crippen LogP contribution in [0, 0.1) is 0 Å². The molecule has 1 aromatic heterocycles. The van der Waals surface area contributed by atoms with E-state index >= 15 is 0 Å². The zero-order chi connectivity index (χ0) is 19.7. The third-order valence-electron chi connectivity index (χ3n) is 4.73. The molecule has 0 amide bonds. The molecule has 0 spiro atoms. The van der Waals surface area contributed by atoms with E-state index in [-0.39, 0.29) is 10.8 Å². The Hall–Kier alpha value is -1.93. The van der Waals surface area contributed by atoms with E-state index in [2.05, 4.69) is 10.1 Å². The predicted octanol–water partition coefficient (Wildman–Crippen LogP) is 4.61. The first-order valence-electron chi connectivity index (χ1n) is 8.79. The van der Waals surface area contributed by atoms with Gasteiger partial charge in [-0.3, -0.25) is 0 Å². The van der Waals surface area contributed by atoms with Crippen molar-refractivity contribution in [1.82, 2.24) is 14.4 Å². The number of hydrogen-bond acceptors (Lipinski definition) is 5. The van der Waals surface area contributed by atoms with Crippen LogP contribution in [-0.2, 0) is 10.0 Å². The molecule has 1 atom stereocenters. The lowest BCUT2D eigenvalue weighted by Crippen LogP contribution is -2.39. The van der Waals surface area contributed by atoms with Crippen molar-refractivity contribution < 1.29 is 12.9 Å². The van der Waals surface area contributed by atoms with Gasteiger partial charge in [0, 0.05) is 28.7 Å². The van der Waals surface area contributed by atoms with Gasteiger partial charge in [0.05, 0.1) is 10.8 Å². The number of sulfonamides is 1. The minimum Gasteiger partial charge on any atom is -0.339 e. The summed E-state index contributed by atoms with van der Waals surface area (Å²) in [6.07, 6.45) is 1.50. The van der Waals surface area contributed by atoms with Gasteiger partial charge in [0.2, 0.25) is 21.7 Å². The molecule has 28 heavy (non-hydrogen) atoms. The summed E-state index contributed by atoms with van der Waals surface area (Å²) in [6.45, 7) is 0.757. The molecule has 3 aromatic rings. The number of piperidine rings is 1. The summed E-state index contributed by atoms with van der Waals surface area (Å²) in [6, 6.07) is 13.3. The molecule has 0 N–H and O–H groups in total. The lowest BCUT2D eigenvalue weighted by molar-refractivity contribution is 0.265. The third kappa shape index (κ3) is 3.93. The largest absolute Gasteiger partial charge is 0.339 e. The third-order valence-corrected chi connectivity index (χ3v) is 7.11. The Balaban J connectivity index is 1.54. The molecule has 6 nitrogen and oxygen atoms in total. The van der Waals surface area contributed by atoms with Crippen molar-refractivity contribution in [2.24, 2.45) is 0 Å². The fourth-order valence-electron chi connectivity index (χ4n) is 3.24. The number of benzene rings is 2. The fraction of sp³-hybridized carbons (Fsp3) is 0.263. The van der Waals surface area contributed by atoms with Crippen LogP contribution in [0.15, 0.2) is 57.9 Å². The van der Waals surface area contributed by atoms with Crippen molar-refractivity contribution in [2.45, 2.75) is 23.7 Å². The van der Waals surface area contributed by atoms with Crippen molar-refractivity contribution in [3.05, 3.63) is 64.5 Å². The van der Waals surface area contributed by atoms with Crippen LogP contribution in [0.5, 0.6) is 0 Å². The summed E-state index contributed by atoms with van der Waals surface area (Å²) in [5.74, 6) is 0.759. The number of aromatic nitrogens is 2. The lowest BCUT2D eigenvalue weighted by atomic mass is 10.00. The molecule has 1 aliphatic heterocycles. The first-order valence-corrected chi connectivity index (χ1v) is 11.0. The molecule has 1 fully saturated rings. The SMILES string of the molecule is O=S(=O)(c1ccc(Cl)cc1)N1CCCC(c2nc(-c3ccc(Cl)cc3)no2)C1. The Morgan fingerprint density at radius 3 is 2.32 bits per heavy atom. The highest BCUT2D eigenvalue weighted by Gasteiger charge is 2.33. The second-order valence-corrected chi connectivity index (χ2v) is 9.43. The number of nitrogens with zero attached hydrogens (tertiary/aromatic N) is 3. The minimum atomic E-state index is -3.60. The molecule has 9 heteroatoms. The maximum Gasteiger partial charge on any atom is 0.243 e. The monoisotopic (exact) mass is 437 g/mol. The van der Waals surface area contributed by atoms with Crippen molar-refractivity contribution >= 4 is 33.2 Å². The van der Waals surface area contributed by atoms with Crippen LogP contribution in [-0.4, -0.2) is 36.0 Å².